The zero-order valence-corrected chi connectivity index (χ0v) is 21.0. The molecule has 0 atom stereocenters. The van der Waals surface area contributed by atoms with Gasteiger partial charge < -0.3 is 0 Å². The van der Waals surface area contributed by atoms with Crippen LogP contribution in [0.4, 0.5) is 0 Å². The number of thiophene rings is 2. The van der Waals surface area contributed by atoms with E-state index in [9.17, 15) is 0 Å². The number of rotatable bonds is 2. The number of fused-ring (bicyclic) bond motifs is 7. The van der Waals surface area contributed by atoms with Crippen molar-refractivity contribution in [3.63, 3.8) is 0 Å². The normalized spacial score (nSPS) is 11.9. The molecule has 0 amide bonds. The van der Waals surface area contributed by atoms with Crippen LogP contribution in [-0.4, -0.2) is 0 Å². The number of benzene rings is 6. The van der Waals surface area contributed by atoms with Crippen LogP contribution in [0.25, 0.3) is 73.4 Å². The minimum absolute atomic E-state index is 1.26. The summed E-state index contributed by atoms with van der Waals surface area (Å²) in [5.74, 6) is 0. The third-order valence-electron chi connectivity index (χ3n) is 7.28. The first-order valence-electron chi connectivity index (χ1n) is 12.2. The molecule has 0 bridgehead atoms. The number of hydrogen-bond acceptors (Lipinski definition) is 2. The summed E-state index contributed by atoms with van der Waals surface area (Å²) in [7, 11) is 0. The van der Waals surface area contributed by atoms with Gasteiger partial charge in [-0.05, 0) is 44.3 Å². The predicted octanol–water partition coefficient (Wildman–Crippen LogP) is 10.9. The van der Waals surface area contributed by atoms with Crippen LogP contribution in [0.2, 0.25) is 0 Å². The second kappa shape index (κ2) is 7.76. The Hall–Kier alpha value is -3.98. The molecule has 8 rings (SSSR count). The van der Waals surface area contributed by atoms with Gasteiger partial charge in [-0.25, -0.2) is 0 Å². The Bertz CT molecular complexity index is 2030. The molecule has 0 aliphatic carbocycles. The quantitative estimate of drug-likeness (QED) is 0.211. The summed E-state index contributed by atoms with van der Waals surface area (Å²) in [6, 6.07) is 44.3. The summed E-state index contributed by atoms with van der Waals surface area (Å²) in [4.78, 5) is 0. The molecular formula is C34H20S2. The lowest BCUT2D eigenvalue weighted by Crippen LogP contribution is -1.90. The average Bonchev–Trinajstić information content (AvgIpc) is 3.49. The molecule has 0 spiro atoms. The molecule has 0 aliphatic heterocycles. The second-order valence-electron chi connectivity index (χ2n) is 9.25. The summed E-state index contributed by atoms with van der Waals surface area (Å²) in [6.45, 7) is 0. The highest BCUT2D eigenvalue weighted by atomic mass is 32.1. The van der Waals surface area contributed by atoms with Crippen molar-refractivity contribution in [2.75, 3.05) is 0 Å². The highest BCUT2D eigenvalue weighted by Gasteiger charge is 2.20. The van der Waals surface area contributed by atoms with Crippen molar-refractivity contribution in [2.45, 2.75) is 0 Å². The molecular weight excluding hydrogens is 473 g/mol. The maximum absolute atomic E-state index is 2.32. The number of hydrogen-bond donors (Lipinski definition) is 0. The van der Waals surface area contributed by atoms with Crippen LogP contribution >= 0.6 is 22.7 Å². The molecule has 2 heteroatoms. The minimum Gasteiger partial charge on any atom is -0.134 e. The van der Waals surface area contributed by atoms with Gasteiger partial charge in [0.25, 0.3) is 0 Å². The van der Waals surface area contributed by atoms with Crippen LogP contribution in [0, 0.1) is 0 Å². The van der Waals surface area contributed by atoms with Crippen molar-refractivity contribution in [1.82, 2.24) is 0 Å². The van der Waals surface area contributed by atoms with Crippen LogP contribution in [0.1, 0.15) is 0 Å². The molecule has 36 heavy (non-hydrogen) atoms. The molecule has 0 aliphatic rings. The van der Waals surface area contributed by atoms with E-state index in [4.69, 9.17) is 0 Å². The van der Waals surface area contributed by atoms with Crippen molar-refractivity contribution >= 4 is 73.8 Å². The van der Waals surface area contributed by atoms with Gasteiger partial charge in [0.15, 0.2) is 0 Å². The first-order chi connectivity index (χ1) is 17.9. The molecule has 0 unspecified atom stereocenters. The highest BCUT2D eigenvalue weighted by Crippen LogP contribution is 2.50. The maximum atomic E-state index is 2.32. The molecule has 0 saturated heterocycles. The van der Waals surface area contributed by atoms with E-state index in [1.54, 1.807) is 0 Å². The molecule has 0 nitrogen and oxygen atoms in total. The highest BCUT2D eigenvalue weighted by molar-refractivity contribution is 7.36. The molecule has 168 valence electrons. The first-order valence-corrected chi connectivity index (χ1v) is 13.8. The van der Waals surface area contributed by atoms with Crippen LogP contribution in [0.3, 0.4) is 0 Å². The van der Waals surface area contributed by atoms with E-state index in [-0.39, 0.29) is 0 Å². The molecule has 0 fully saturated rings. The lowest BCUT2D eigenvalue weighted by molar-refractivity contribution is 1.67. The largest absolute Gasteiger partial charge is 0.134 e. The monoisotopic (exact) mass is 492 g/mol. The SMILES string of the molecule is c1ccc(-c2c3ccccc3c(-c3cccc4c3sc3c5ccccc5sc43)c3ccccc23)cc1. The van der Waals surface area contributed by atoms with Crippen molar-refractivity contribution in [3.05, 3.63) is 121 Å². The van der Waals surface area contributed by atoms with Crippen LogP contribution in [0.15, 0.2) is 121 Å². The zero-order chi connectivity index (χ0) is 23.6. The summed E-state index contributed by atoms with van der Waals surface area (Å²) in [5, 5.41) is 7.97. The van der Waals surface area contributed by atoms with E-state index in [1.165, 1.54) is 73.4 Å². The van der Waals surface area contributed by atoms with Gasteiger partial charge in [-0.2, -0.15) is 0 Å². The van der Waals surface area contributed by atoms with E-state index in [2.05, 4.69) is 121 Å². The zero-order valence-electron chi connectivity index (χ0n) is 19.4. The van der Waals surface area contributed by atoms with Gasteiger partial charge in [0.05, 0.1) is 9.40 Å². The summed E-state index contributed by atoms with van der Waals surface area (Å²) in [6.07, 6.45) is 0. The fourth-order valence-electron chi connectivity index (χ4n) is 5.76. The van der Waals surface area contributed by atoms with E-state index < -0.39 is 0 Å². The Kier molecular flexibility index (Phi) is 4.36. The predicted molar refractivity (Wildman–Crippen MR) is 161 cm³/mol. The van der Waals surface area contributed by atoms with Crippen LogP contribution < -0.4 is 0 Å². The van der Waals surface area contributed by atoms with Gasteiger partial charge >= 0.3 is 0 Å². The Morgan fingerprint density at radius 3 is 1.56 bits per heavy atom. The van der Waals surface area contributed by atoms with Gasteiger partial charge in [0, 0.05) is 25.7 Å². The van der Waals surface area contributed by atoms with E-state index >= 15 is 0 Å². The third-order valence-corrected chi connectivity index (χ3v) is 9.88. The van der Waals surface area contributed by atoms with Gasteiger partial charge in [-0.15, -0.1) is 22.7 Å². The second-order valence-corrected chi connectivity index (χ2v) is 11.3. The lowest BCUT2D eigenvalue weighted by atomic mass is 9.86. The summed E-state index contributed by atoms with van der Waals surface area (Å²) < 4.78 is 5.57. The molecule has 6 aromatic carbocycles. The van der Waals surface area contributed by atoms with E-state index in [0.29, 0.717) is 0 Å². The van der Waals surface area contributed by atoms with Crippen molar-refractivity contribution in [2.24, 2.45) is 0 Å². The smallest absolute Gasteiger partial charge is 0.0542 e. The van der Waals surface area contributed by atoms with E-state index in [1.807, 2.05) is 22.7 Å². The van der Waals surface area contributed by atoms with Crippen LogP contribution in [0.5, 0.6) is 0 Å². The molecule has 2 heterocycles. The fourth-order valence-corrected chi connectivity index (χ4v) is 8.52. The molecule has 0 N–H and O–H groups in total. The first kappa shape index (κ1) is 20.2. The molecule has 8 aromatic rings. The van der Waals surface area contributed by atoms with Gasteiger partial charge in [-0.1, -0.05) is 115 Å². The van der Waals surface area contributed by atoms with Gasteiger partial charge in [0.2, 0.25) is 0 Å². The molecule has 2 aromatic heterocycles. The van der Waals surface area contributed by atoms with Gasteiger partial charge in [0.1, 0.15) is 0 Å². The van der Waals surface area contributed by atoms with Crippen molar-refractivity contribution in [1.29, 1.82) is 0 Å². The Labute approximate surface area is 216 Å². The maximum Gasteiger partial charge on any atom is 0.0542 e. The van der Waals surface area contributed by atoms with Crippen molar-refractivity contribution < 1.29 is 0 Å². The van der Waals surface area contributed by atoms with Crippen molar-refractivity contribution in [3.8, 4) is 22.3 Å². The van der Waals surface area contributed by atoms with Crippen LogP contribution in [-0.2, 0) is 0 Å². The standard InChI is InChI=1S/C34H20S2/c1-2-11-21(12-3-1)30-22-13-4-6-15-24(22)31(25-16-7-5-14-23(25)30)27-18-10-19-28-32(27)36-33-26-17-8-9-20-29(26)35-34(28)33/h1-20H. The molecule has 0 radical (unpaired) electrons. The third kappa shape index (κ3) is 2.80. The van der Waals surface area contributed by atoms with E-state index in [0.717, 1.165) is 0 Å². The topological polar surface area (TPSA) is 0 Å². The molecule has 0 saturated carbocycles. The minimum atomic E-state index is 1.26. The van der Waals surface area contributed by atoms with Gasteiger partial charge in [-0.3, -0.25) is 0 Å². The Balaban J connectivity index is 1.55. The fraction of sp³-hybridized carbons (Fsp3) is 0. The summed E-state index contributed by atoms with van der Waals surface area (Å²) in [5.41, 5.74) is 5.25. The lowest BCUT2D eigenvalue weighted by Gasteiger charge is -2.18. The Morgan fingerprint density at radius 1 is 0.333 bits per heavy atom. The Morgan fingerprint density at radius 2 is 0.861 bits per heavy atom. The summed E-state index contributed by atoms with van der Waals surface area (Å²) >= 11 is 3.87. The average molecular weight is 493 g/mol.